The van der Waals surface area contributed by atoms with E-state index in [0.717, 1.165) is 24.3 Å². The summed E-state index contributed by atoms with van der Waals surface area (Å²) in [7, 11) is 0. The minimum atomic E-state index is -0.322. The smallest absolute Gasteiger partial charge is 0.237 e. The summed E-state index contributed by atoms with van der Waals surface area (Å²) in [5.41, 5.74) is 7.09. The van der Waals surface area contributed by atoms with Crippen molar-refractivity contribution in [3.63, 3.8) is 0 Å². The maximum absolute atomic E-state index is 6.09. The van der Waals surface area contributed by atoms with Crippen LogP contribution in [0.4, 0.5) is 0 Å². The Bertz CT molecular complexity index is 490. The average molecular weight is 229 g/mol. The van der Waals surface area contributed by atoms with Crippen LogP contribution in [0.15, 0.2) is 34.7 Å². The van der Waals surface area contributed by atoms with Gasteiger partial charge in [0.2, 0.25) is 11.8 Å². The molecule has 17 heavy (non-hydrogen) atoms. The highest BCUT2D eigenvalue weighted by molar-refractivity contribution is 5.22. The van der Waals surface area contributed by atoms with Crippen molar-refractivity contribution in [1.82, 2.24) is 10.2 Å². The van der Waals surface area contributed by atoms with Gasteiger partial charge in [-0.1, -0.05) is 36.8 Å². The van der Waals surface area contributed by atoms with E-state index >= 15 is 0 Å². The van der Waals surface area contributed by atoms with E-state index in [-0.39, 0.29) is 6.04 Å². The van der Waals surface area contributed by atoms with E-state index in [1.807, 2.05) is 30.3 Å². The van der Waals surface area contributed by atoms with Gasteiger partial charge < -0.3 is 10.2 Å². The van der Waals surface area contributed by atoms with Gasteiger partial charge in [0.15, 0.2) is 0 Å². The number of aromatic nitrogens is 2. The fraction of sp³-hybridized carbons (Fsp3) is 0.385. The first-order valence-corrected chi connectivity index (χ1v) is 5.98. The molecule has 1 aliphatic carbocycles. The zero-order chi connectivity index (χ0) is 11.7. The number of nitrogens with zero attached hydrogens (tertiary/aromatic N) is 2. The molecule has 1 aliphatic rings. The summed E-state index contributed by atoms with van der Waals surface area (Å²) in [5, 5.41) is 8.14. The van der Waals surface area contributed by atoms with Crippen LogP contribution in [0.3, 0.4) is 0 Å². The lowest BCUT2D eigenvalue weighted by Crippen LogP contribution is -2.12. The highest BCUT2D eigenvalue weighted by Gasteiger charge is 2.26. The molecule has 1 heterocycles. The molecule has 0 bridgehead atoms. The number of hydrogen-bond donors (Lipinski definition) is 1. The lowest BCUT2D eigenvalue weighted by atomic mass is 9.85. The second-order valence-electron chi connectivity index (χ2n) is 4.49. The third-order valence-electron chi connectivity index (χ3n) is 3.34. The molecule has 3 rings (SSSR count). The maximum Gasteiger partial charge on any atom is 0.237 e. The highest BCUT2D eigenvalue weighted by Crippen LogP contribution is 2.36. The molecule has 4 heteroatoms. The van der Waals surface area contributed by atoms with Gasteiger partial charge in [-0.05, 0) is 18.4 Å². The van der Waals surface area contributed by atoms with Crippen LogP contribution in [0.1, 0.15) is 48.6 Å². The van der Waals surface area contributed by atoms with Crippen LogP contribution in [0, 0.1) is 0 Å². The maximum atomic E-state index is 6.09. The van der Waals surface area contributed by atoms with E-state index in [9.17, 15) is 0 Å². The number of rotatable bonds is 3. The fourth-order valence-electron chi connectivity index (χ4n) is 2.00. The van der Waals surface area contributed by atoms with E-state index in [2.05, 4.69) is 10.2 Å². The molecule has 1 aromatic carbocycles. The third kappa shape index (κ3) is 1.96. The van der Waals surface area contributed by atoms with Crippen LogP contribution in [0.2, 0.25) is 0 Å². The topological polar surface area (TPSA) is 64.9 Å². The van der Waals surface area contributed by atoms with Crippen LogP contribution in [0.5, 0.6) is 0 Å². The first-order chi connectivity index (χ1) is 8.34. The molecule has 0 aliphatic heterocycles. The van der Waals surface area contributed by atoms with E-state index in [4.69, 9.17) is 10.2 Å². The molecule has 2 aromatic rings. The van der Waals surface area contributed by atoms with Gasteiger partial charge in [0, 0.05) is 5.92 Å². The van der Waals surface area contributed by atoms with Crippen molar-refractivity contribution in [3.05, 3.63) is 47.7 Å². The zero-order valence-corrected chi connectivity index (χ0v) is 9.54. The molecule has 1 atom stereocenters. The molecule has 2 N–H and O–H groups in total. The van der Waals surface area contributed by atoms with Crippen molar-refractivity contribution in [1.29, 1.82) is 0 Å². The van der Waals surface area contributed by atoms with Gasteiger partial charge >= 0.3 is 0 Å². The van der Waals surface area contributed by atoms with Crippen molar-refractivity contribution in [2.24, 2.45) is 5.73 Å². The molecule has 1 aromatic heterocycles. The Balaban J connectivity index is 1.81. The summed E-state index contributed by atoms with van der Waals surface area (Å²) in [6.45, 7) is 0. The lowest BCUT2D eigenvalue weighted by molar-refractivity contribution is 0.321. The van der Waals surface area contributed by atoms with Crippen LogP contribution >= 0.6 is 0 Å². The minimum absolute atomic E-state index is 0.322. The normalized spacial score (nSPS) is 17.7. The molecule has 1 unspecified atom stereocenters. The Morgan fingerprint density at radius 3 is 2.59 bits per heavy atom. The van der Waals surface area contributed by atoms with Gasteiger partial charge in [-0.25, -0.2) is 0 Å². The summed E-state index contributed by atoms with van der Waals surface area (Å²) < 4.78 is 5.66. The summed E-state index contributed by atoms with van der Waals surface area (Å²) in [5.74, 6) is 1.72. The lowest BCUT2D eigenvalue weighted by Gasteiger charge is -2.20. The van der Waals surface area contributed by atoms with Crippen molar-refractivity contribution in [2.45, 2.75) is 31.2 Å². The standard InChI is InChI=1S/C13H15N3O/c14-11(9-5-2-1-3-6-9)13-16-15-12(17-13)10-7-4-8-10/h1-3,5-6,10-11H,4,7-8,14H2. The van der Waals surface area contributed by atoms with Gasteiger partial charge in [-0.2, -0.15) is 0 Å². The first kappa shape index (κ1) is 10.5. The quantitative estimate of drug-likeness (QED) is 0.877. The predicted octanol–water partition coefficient (Wildman–Crippen LogP) is 2.39. The summed E-state index contributed by atoms with van der Waals surface area (Å²) in [4.78, 5) is 0. The Kier molecular flexibility index (Phi) is 2.65. The van der Waals surface area contributed by atoms with Gasteiger partial charge in [0.05, 0.1) is 0 Å². The van der Waals surface area contributed by atoms with Crippen LogP contribution in [-0.2, 0) is 0 Å². The van der Waals surface area contributed by atoms with Crippen LogP contribution < -0.4 is 5.73 Å². The molecular formula is C13H15N3O. The summed E-state index contributed by atoms with van der Waals surface area (Å²) >= 11 is 0. The number of hydrogen-bond acceptors (Lipinski definition) is 4. The molecule has 4 nitrogen and oxygen atoms in total. The SMILES string of the molecule is NC(c1ccccc1)c1nnc(C2CCC2)o1. The molecule has 0 amide bonds. The molecule has 0 radical (unpaired) electrons. The van der Waals surface area contributed by atoms with Crippen molar-refractivity contribution < 1.29 is 4.42 Å². The van der Waals surface area contributed by atoms with Gasteiger partial charge in [0.25, 0.3) is 0 Å². The van der Waals surface area contributed by atoms with E-state index < -0.39 is 0 Å². The van der Waals surface area contributed by atoms with Crippen molar-refractivity contribution in [3.8, 4) is 0 Å². The average Bonchev–Trinajstić information content (AvgIpc) is 2.76. The third-order valence-corrected chi connectivity index (χ3v) is 3.34. The van der Waals surface area contributed by atoms with Gasteiger partial charge in [0.1, 0.15) is 6.04 Å². The van der Waals surface area contributed by atoms with Crippen molar-refractivity contribution >= 4 is 0 Å². The summed E-state index contributed by atoms with van der Waals surface area (Å²) in [6.07, 6.45) is 3.57. The first-order valence-electron chi connectivity index (χ1n) is 5.98. The molecular weight excluding hydrogens is 214 g/mol. The predicted molar refractivity (Wildman–Crippen MR) is 63.4 cm³/mol. The molecule has 1 saturated carbocycles. The van der Waals surface area contributed by atoms with Crippen LogP contribution in [0.25, 0.3) is 0 Å². The Labute approximate surface area is 99.8 Å². The second kappa shape index (κ2) is 4.30. The monoisotopic (exact) mass is 229 g/mol. The molecule has 1 fully saturated rings. The summed E-state index contributed by atoms with van der Waals surface area (Å²) in [6, 6.07) is 9.49. The van der Waals surface area contributed by atoms with Crippen molar-refractivity contribution in [2.75, 3.05) is 0 Å². The highest BCUT2D eigenvalue weighted by atomic mass is 16.4. The minimum Gasteiger partial charge on any atom is -0.423 e. The fourth-order valence-corrected chi connectivity index (χ4v) is 2.00. The second-order valence-corrected chi connectivity index (χ2v) is 4.49. The van der Waals surface area contributed by atoms with Gasteiger partial charge in [-0.15, -0.1) is 10.2 Å². The number of nitrogens with two attached hydrogens (primary N) is 1. The largest absolute Gasteiger partial charge is 0.423 e. The van der Waals surface area contributed by atoms with E-state index in [0.29, 0.717) is 11.8 Å². The zero-order valence-electron chi connectivity index (χ0n) is 9.54. The number of benzene rings is 1. The van der Waals surface area contributed by atoms with E-state index in [1.165, 1.54) is 6.42 Å². The molecule has 0 spiro atoms. The Hall–Kier alpha value is -1.68. The Morgan fingerprint density at radius 1 is 1.18 bits per heavy atom. The molecule has 88 valence electrons. The van der Waals surface area contributed by atoms with E-state index in [1.54, 1.807) is 0 Å². The molecule has 0 saturated heterocycles. The Morgan fingerprint density at radius 2 is 1.94 bits per heavy atom. The van der Waals surface area contributed by atoms with Crippen LogP contribution in [-0.4, -0.2) is 10.2 Å². The van der Waals surface area contributed by atoms with Gasteiger partial charge in [-0.3, -0.25) is 0 Å².